The second kappa shape index (κ2) is 11.9. The molecule has 1 N–H and O–H groups in total. The van der Waals surface area contributed by atoms with Gasteiger partial charge in [-0.05, 0) is 42.7 Å². The largest absolute Gasteiger partial charge is 0.357 e. The average Bonchev–Trinajstić information content (AvgIpc) is 2.84. The van der Waals surface area contributed by atoms with Crippen molar-refractivity contribution in [1.82, 2.24) is 10.2 Å². The predicted molar refractivity (Wildman–Crippen MR) is 143 cm³/mol. The highest BCUT2D eigenvalue weighted by molar-refractivity contribution is 7.92. The van der Waals surface area contributed by atoms with Gasteiger partial charge in [-0.25, -0.2) is 8.42 Å². The quantitative estimate of drug-likeness (QED) is 0.455. The number of carbonyl (C=O) groups is 2. The van der Waals surface area contributed by atoms with Gasteiger partial charge < -0.3 is 10.2 Å². The van der Waals surface area contributed by atoms with E-state index in [0.29, 0.717) is 12.1 Å². The molecular formula is C28H33N3O4S. The molecule has 0 bridgehead atoms. The van der Waals surface area contributed by atoms with Crippen LogP contribution >= 0.6 is 0 Å². The van der Waals surface area contributed by atoms with Crippen molar-refractivity contribution in [3.63, 3.8) is 0 Å². The zero-order valence-electron chi connectivity index (χ0n) is 21.1. The lowest BCUT2D eigenvalue weighted by molar-refractivity contribution is -0.139. The van der Waals surface area contributed by atoms with E-state index < -0.39 is 28.5 Å². The fourth-order valence-electron chi connectivity index (χ4n) is 4.12. The topological polar surface area (TPSA) is 86.8 Å². The van der Waals surface area contributed by atoms with Crippen molar-refractivity contribution >= 4 is 27.5 Å². The minimum Gasteiger partial charge on any atom is -0.357 e. The Morgan fingerprint density at radius 2 is 1.47 bits per heavy atom. The molecule has 8 heteroatoms. The molecule has 36 heavy (non-hydrogen) atoms. The SMILES string of the molecule is CNC(=O)[C@H](Cc1ccccc1)N(Cc1cccc(C)c1)C(=O)CN(c1cccc(C)c1)S(C)(=O)=O. The number of carbonyl (C=O) groups excluding carboxylic acids is 2. The Labute approximate surface area is 213 Å². The molecule has 0 spiro atoms. The molecule has 0 heterocycles. The number of hydrogen-bond donors (Lipinski definition) is 1. The maximum atomic E-state index is 13.8. The molecule has 0 aliphatic carbocycles. The minimum atomic E-state index is -3.77. The molecule has 7 nitrogen and oxygen atoms in total. The summed E-state index contributed by atoms with van der Waals surface area (Å²) in [5.41, 5.74) is 4.05. The molecule has 0 aliphatic heterocycles. The van der Waals surface area contributed by atoms with E-state index in [9.17, 15) is 18.0 Å². The van der Waals surface area contributed by atoms with Gasteiger partial charge in [0.2, 0.25) is 21.8 Å². The zero-order chi connectivity index (χ0) is 26.3. The van der Waals surface area contributed by atoms with Crippen LogP contribution in [0, 0.1) is 13.8 Å². The summed E-state index contributed by atoms with van der Waals surface area (Å²) in [6.45, 7) is 3.56. The number of sulfonamides is 1. The Morgan fingerprint density at radius 1 is 0.861 bits per heavy atom. The lowest BCUT2D eigenvalue weighted by Gasteiger charge is -2.33. The highest BCUT2D eigenvalue weighted by atomic mass is 32.2. The Balaban J connectivity index is 2.03. The van der Waals surface area contributed by atoms with Crippen LogP contribution in [0.15, 0.2) is 78.9 Å². The number of nitrogens with one attached hydrogen (secondary N) is 1. The van der Waals surface area contributed by atoms with Crippen LogP contribution < -0.4 is 9.62 Å². The van der Waals surface area contributed by atoms with E-state index >= 15 is 0 Å². The third kappa shape index (κ3) is 7.18. The zero-order valence-corrected chi connectivity index (χ0v) is 22.0. The van der Waals surface area contributed by atoms with Crippen LogP contribution in [0.4, 0.5) is 5.69 Å². The fraction of sp³-hybridized carbons (Fsp3) is 0.286. The van der Waals surface area contributed by atoms with Gasteiger partial charge in [-0.15, -0.1) is 0 Å². The smallest absolute Gasteiger partial charge is 0.244 e. The lowest BCUT2D eigenvalue weighted by Crippen LogP contribution is -2.52. The van der Waals surface area contributed by atoms with Gasteiger partial charge >= 0.3 is 0 Å². The number of aryl methyl sites for hydroxylation is 2. The highest BCUT2D eigenvalue weighted by Crippen LogP contribution is 2.21. The maximum Gasteiger partial charge on any atom is 0.244 e. The van der Waals surface area contributed by atoms with E-state index in [1.165, 1.54) is 11.9 Å². The molecule has 0 radical (unpaired) electrons. The van der Waals surface area contributed by atoms with Crippen LogP contribution in [-0.4, -0.2) is 51.0 Å². The van der Waals surface area contributed by atoms with E-state index in [-0.39, 0.29) is 12.5 Å². The molecule has 3 aromatic carbocycles. The van der Waals surface area contributed by atoms with E-state index in [4.69, 9.17) is 0 Å². The van der Waals surface area contributed by atoms with Gasteiger partial charge in [0.1, 0.15) is 12.6 Å². The molecule has 0 saturated heterocycles. The number of likely N-dealkylation sites (N-methyl/N-ethyl adjacent to an activating group) is 1. The monoisotopic (exact) mass is 507 g/mol. The molecule has 0 saturated carbocycles. The van der Waals surface area contributed by atoms with Crippen molar-refractivity contribution in [2.24, 2.45) is 0 Å². The average molecular weight is 508 g/mol. The first-order valence-corrected chi connectivity index (χ1v) is 13.6. The summed E-state index contributed by atoms with van der Waals surface area (Å²) in [7, 11) is -2.24. The molecule has 3 aromatic rings. The highest BCUT2D eigenvalue weighted by Gasteiger charge is 2.32. The van der Waals surface area contributed by atoms with Gasteiger partial charge in [0.15, 0.2) is 0 Å². The van der Waals surface area contributed by atoms with Crippen molar-refractivity contribution in [2.45, 2.75) is 32.9 Å². The number of nitrogens with zero attached hydrogens (tertiary/aromatic N) is 2. The fourth-order valence-corrected chi connectivity index (χ4v) is 4.97. The second-order valence-corrected chi connectivity index (χ2v) is 10.8. The van der Waals surface area contributed by atoms with Crippen LogP contribution in [0.3, 0.4) is 0 Å². The van der Waals surface area contributed by atoms with Crippen LogP contribution in [-0.2, 0) is 32.6 Å². The van der Waals surface area contributed by atoms with Crippen molar-refractivity contribution in [3.05, 3.63) is 101 Å². The second-order valence-electron chi connectivity index (χ2n) is 8.94. The van der Waals surface area contributed by atoms with Gasteiger partial charge in [0, 0.05) is 20.0 Å². The lowest BCUT2D eigenvalue weighted by atomic mass is 10.0. The molecule has 2 amide bonds. The van der Waals surface area contributed by atoms with Gasteiger partial charge in [-0.1, -0.05) is 72.3 Å². The van der Waals surface area contributed by atoms with Crippen LogP contribution in [0.5, 0.6) is 0 Å². The summed E-state index contributed by atoms with van der Waals surface area (Å²) in [5, 5.41) is 2.68. The van der Waals surface area contributed by atoms with Gasteiger partial charge in [0.05, 0.1) is 11.9 Å². The maximum absolute atomic E-state index is 13.8. The standard InChI is InChI=1S/C28H33N3O4S/c1-21-10-8-14-24(16-21)19-30(26(28(33)29-3)18-23-12-6-5-7-13-23)27(32)20-31(36(4,34)35)25-15-9-11-22(2)17-25/h5-17,26H,18-20H2,1-4H3,(H,29,33)/t26-/m0/s1. The molecule has 0 aliphatic rings. The van der Waals surface area contributed by atoms with Crippen molar-refractivity contribution in [1.29, 1.82) is 0 Å². The molecule has 0 aromatic heterocycles. The summed E-state index contributed by atoms with van der Waals surface area (Å²) in [6.07, 6.45) is 1.37. The molecule has 1 atom stereocenters. The first-order valence-electron chi connectivity index (χ1n) is 11.7. The number of anilines is 1. The van der Waals surface area contributed by atoms with Gasteiger partial charge in [-0.2, -0.15) is 0 Å². The molecule has 0 fully saturated rings. The van der Waals surface area contributed by atoms with Crippen LogP contribution in [0.25, 0.3) is 0 Å². The summed E-state index contributed by atoms with van der Waals surface area (Å²) < 4.78 is 26.6. The van der Waals surface area contributed by atoms with E-state index in [1.54, 1.807) is 18.2 Å². The third-order valence-corrected chi connectivity index (χ3v) is 7.06. The number of rotatable bonds is 10. The molecular weight excluding hydrogens is 474 g/mol. The van der Waals surface area contributed by atoms with Crippen molar-refractivity contribution < 1.29 is 18.0 Å². The molecule has 0 unspecified atom stereocenters. The Bertz CT molecular complexity index is 1310. The number of hydrogen-bond acceptors (Lipinski definition) is 4. The Morgan fingerprint density at radius 3 is 2.06 bits per heavy atom. The third-order valence-electron chi connectivity index (χ3n) is 5.92. The Kier molecular flexibility index (Phi) is 8.88. The first kappa shape index (κ1) is 26.9. The summed E-state index contributed by atoms with van der Waals surface area (Å²) in [4.78, 5) is 28.4. The number of benzene rings is 3. The Hall–Kier alpha value is -3.65. The van der Waals surface area contributed by atoms with Crippen LogP contribution in [0.1, 0.15) is 22.3 Å². The van der Waals surface area contributed by atoms with E-state index in [0.717, 1.165) is 32.8 Å². The van der Waals surface area contributed by atoms with Crippen LogP contribution in [0.2, 0.25) is 0 Å². The van der Waals surface area contributed by atoms with Crippen molar-refractivity contribution in [2.75, 3.05) is 24.2 Å². The van der Waals surface area contributed by atoms with Crippen molar-refractivity contribution in [3.8, 4) is 0 Å². The summed E-state index contributed by atoms with van der Waals surface area (Å²) >= 11 is 0. The minimum absolute atomic E-state index is 0.164. The molecule has 190 valence electrons. The summed E-state index contributed by atoms with van der Waals surface area (Å²) in [5.74, 6) is -0.783. The normalized spacial score (nSPS) is 12.0. The van der Waals surface area contributed by atoms with Gasteiger partial charge in [-0.3, -0.25) is 13.9 Å². The number of amides is 2. The molecule has 3 rings (SSSR count). The summed E-state index contributed by atoms with van der Waals surface area (Å²) in [6, 6.07) is 23.3. The van der Waals surface area contributed by atoms with E-state index in [1.807, 2.05) is 74.5 Å². The van der Waals surface area contributed by atoms with E-state index in [2.05, 4.69) is 5.32 Å². The predicted octanol–water partition coefficient (Wildman–Crippen LogP) is 3.46. The first-order chi connectivity index (χ1) is 17.1. The van der Waals surface area contributed by atoms with Gasteiger partial charge in [0.25, 0.3) is 0 Å².